The van der Waals surface area contributed by atoms with Crippen molar-refractivity contribution in [2.45, 2.75) is 64.1 Å². The standard InChI is InChI=1S/C46H46N2O6/c1-30(52-31(2)50)45(51)47-26-32-17-23-36(24-18-32)46-53-42(43(34-11-5-4-6-12-34)44(54-46)35-21-19-33(29-49)20-22-35)28-48(3)27-41-39-15-9-7-13-37(39)25-38-14-8-10-16-40(38)41/h4-25,30,42-44,46,49H,26-29H2,1-3H3,(H,47,51)/t30-,42+,43+,44-,46?/m0/s1. The summed E-state index contributed by atoms with van der Waals surface area (Å²) < 4.78 is 18.9. The van der Waals surface area contributed by atoms with Crippen LogP contribution in [0.3, 0.4) is 0 Å². The van der Waals surface area contributed by atoms with Gasteiger partial charge in [0.2, 0.25) is 0 Å². The largest absolute Gasteiger partial charge is 0.453 e. The van der Waals surface area contributed by atoms with E-state index >= 15 is 0 Å². The van der Waals surface area contributed by atoms with Gasteiger partial charge in [0.25, 0.3) is 5.91 Å². The molecule has 6 aromatic carbocycles. The lowest BCUT2D eigenvalue weighted by molar-refractivity contribution is -0.263. The Morgan fingerprint density at radius 1 is 0.759 bits per heavy atom. The number of esters is 1. The first kappa shape index (κ1) is 37.0. The van der Waals surface area contributed by atoms with Crippen LogP contribution in [0.2, 0.25) is 0 Å². The van der Waals surface area contributed by atoms with Crippen LogP contribution in [0.5, 0.6) is 0 Å². The first-order valence-corrected chi connectivity index (χ1v) is 18.4. The van der Waals surface area contributed by atoms with E-state index in [2.05, 4.69) is 96.1 Å². The fraction of sp³-hybridized carbons (Fsp3) is 0.261. The molecule has 6 aromatic rings. The van der Waals surface area contributed by atoms with Gasteiger partial charge in [-0.25, -0.2) is 0 Å². The van der Waals surface area contributed by atoms with Gasteiger partial charge in [0.1, 0.15) is 0 Å². The van der Waals surface area contributed by atoms with Crippen LogP contribution in [0.15, 0.2) is 133 Å². The molecule has 1 fully saturated rings. The number of hydrogen-bond donors (Lipinski definition) is 2. The van der Waals surface area contributed by atoms with Gasteiger partial charge in [-0.1, -0.05) is 127 Å². The van der Waals surface area contributed by atoms with Gasteiger partial charge in [0, 0.05) is 38.0 Å². The van der Waals surface area contributed by atoms with Crippen molar-refractivity contribution >= 4 is 33.4 Å². The van der Waals surface area contributed by atoms with E-state index in [1.807, 2.05) is 54.6 Å². The van der Waals surface area contributed by atoms with Crippen LogP contribution in [0.4, 0.5) is 0 Å². The van der Waals surface area contributed by atoms with Gasteiger partial charge in [-0.05, 0) is 69.4 Å². The Bertz CT molecular complexity index is 2150. The van der Waals surface area contributed by atoms with Crippen molar-refractivity contribution < 1.29 is 28.9 Å². The number of fused-ring (bicyclic) bond motifs is 2. The van der Waals surface area contributed by atoms with E-state index in [0.717, 1.165) is 34.4 Å². The molecule has 0 saturated carbocycles. The number of rotatable bonds is 12. The topological polar surface area (TPSA) is 97.3 Å². The van der Waals surface area contributed by atoms with E-state index in [9.17, 15) is 14.7 Å². The number of aliphatic hydroxyl groups is 1. The normalized spacial score (nSPS) is 19.1. The molecule has 276 valence electrons. The molecule has 0 aromatic heterocycles. The Kier molecular flexibility index (Phi) is 11.5. The van der Waals surface area contributed by atoms with E-state index in [0.29, 0.717) is 6.54 Å². The molecule has 1 saturated heterocycles. The Morgan fingerprint density at radius 2 is 1.35 bits per heavy atom. The minimum Gasteiger partial charge on any atom is -0.453 e. The van der Waals surface area contributed by atoms with Crippen LogP contribution >= 0.6 is 0 Å². The van der Waals surface area contributed by atoms with E-state index in [4.69, 9.17) is 14.2 Å². The summed E-state index contributed by atoms with van der Waals surface area (Å²) in [6.07, 6.45) is -2.16. The number of benzene rings is 6. The second kappa shape index (κ2) is 16.7. The summed E-state index contributed by atoms with van der Waals surface area (Å²) in [7, 11) is 2.16. The third-order valence-electron chi connectivity index (χ3n) is 10.2. The summed E-state index contributed by atoms with van der Waals surface area (Å²) in [5.41, 5.74) is 5.98. The summed E-state index contributed by atoms with van der Waals surface area (Å²) in [5, 5.41) is 17.6. The molecule has 2 N–H and O–H groups in total. The van der Waals surface area contributed by atoms with Crippen LogP contribution in [0.1, 0.15) is 65.5 Å². The second-order valence-electron chi connectivity index (χ2n) is 14.1. The molecule has 7 rings (SSSR count). The number of likely N-dealkylation sites (N-methyl/N-ethyl adjacent to an activating group) is 1. The fourth-order valence-electron chi connectivity index (χ4n) is 7.51. The zero-order chi connectivity index (χ0) is 37.6. The van der Waals surface area contributed by atoms with Gasteiger partial charge < -0.3 is 24.6 Å². The highest BCUT2D eigenvalue weighted by Crippen LogP contribution is 2.47. The van der Waals surface area contributed by atoms with Gasteiger partial charge in [-0.3, -0.25) is 14.5 Å². The van der Waals surface area contributed by atoms with Gasteiger partial charge in [0.05, 0.1) is 18.8 Å². The minimum absolute atomic E-state index is 0.0363. The molecule has 1 heterocycles. The zero-order valence-electron chi connectivity index (χ0n) is 30.9. The molecule has 1 amide bonds. The van der Waals surface area contributed by atoms with Gasteiger partial charge >= 0.3 is 5.97 Å². The fourth-order valence-corrected chi connectivity index (χ4v) is 7.51. The highest BCUT2D eigenvalue weighted by molar-refractivity contribution is 6.02. The average Bonchev–Trinajstić information content (AvgIpc) is 3.20. The van der Waals surface area contributed by atoms with Crippen LogP contribution in [0.25, 0.3) is 21.5 Å². The predicted octanol–water partition coefficient (Wildman–Crippen LogP) is 8.12. The lowest BCUT2D eigenvalue weighted by Gasteiger charge is -2.44. The predicted molar refractivity (Wildman–Crippen MR) is 210 cm³/mol. The number of ether oxygens (including phenoxy) is 3. The zero-order valence-corrected chi connectivity index (χ0v) is 30.9. The molecule has 0 radical (unpaired) electrons. The average molecular weight is 723 g/mol. The maximum absolute atomic E-state index is 12.4. The molecule has 5 atom stereocenters. The quantitative estimate of drug-likeness (QED) is 0.0973. The van der Waals surface area contributed by atoms with E-state index in [1.54, 1.807) is 6.92 Å². The Morgan fingerprint density at radius 3 is 1.98 bits per heavy atom. The van der Waals surface area contributed by atoms with E-state index in [-0.39, 0.29) is 37.2 Å². The SMILES string of the molecule is CC(=O)O[C@@H](C)C(=O)NCc1ccc(C2O[C@H](CN(C)Cc3c4ccccc4cc4ccccc34)[C@@H](c3ccccc3)[C@H](c3ccc(CO)cc3)O2)cc1. The Hall–Kier alpha value is -5.38. The first-order chi connectivity index (χ1) is 26.3. The molecular formula is C46H46N2O6. The third-order valence-corrected chi connectivity index (χ3v) is 10.2. The van der Waals surface area contributed by atoms with Crippen LogP contribution < -0.4 is 5.32 Å². The maximum atomic E-state index is 12.4. The number of carbonyl (C=O) groups is 2. The van der Waals surface area contributed by atoms with Crippen molar-refractivity contribution in [3.05, 3.63) is 167 Å². The van der Waals surface area contributed by atoms with Gasteiger partial charge in [-0.2, -0.15) is 0 Å². The summed E-state index contributed by atoms with van der Waals surface area (Å²) in [6, 6.07) is 45.7. The number of nitrogens with zero attached hydrogens (tertiary/aromatic N) is 1. The molecular weight excluding hydrogens is 677 g/mol. The summed E-state index contributed by atoms with van der Waals surface area (Å²) in [6.45, 7) is 4.43. The van der Waals surface area contributed by atoms with Crippen LogP contribution in [0, 0.1) is 0 Å². The monoisotopic (exact) mass is 722 g/mol. The first-order valence-electron chi connectivity index (χ1n) is 18.4. The minimum atomic E-state index is -0.874. The smallest absolute Gasteiger partial charge is 0.303 e. The van der Waals surface area contributed by atoms with E-state index < -0.39 is 18.4 Å². The lowest BCUT2D eigenvalue weighted by Crippen LogP contribution is -2.43. The molecule has 54 heavy (non-hydrogen) atoms. The molecule has 8 nitrogen and oxygen atoms in total. The number of amides is 1. The lowest BCUT2D eigenvalue weighted by atomic mass is 9.83. The maximum Gasteiger partial charge on any atom is 0.303 e. The second-order valence-corrected chi connectivity index (χ2v) is 14.1. The molecule has 8 heteroatoms. The Balaban J connectivity index is 1.20. The summed E-state index contributed by atoms with van der Waals surface area (Å²) in [4.78, 5) is 26.1. The van der Waals surface area contributed by atoms with Crippen molar-refractivity contribution in [1.29, 1.82) is 0 Å². The van der Waals surface area contributed by atoms with Crippen LogP contribution in [-0.4, -0.2) is 47.7 Å². The Labute approximate surface area is 316 Å². The molecule has 1 aliphatic rings. The summed E-state index contributed by atoms with van der Waals surface area (Å²) in [5.74, 6) is -1.00. The van der Waals surface area contributed by atoms with Crippen molar-refractivity contribution in [3.8, 4) is 0 Å². The molecule has 1 aliphatic heterocycles. The van der Waals surface area contributed by atoms with Crippen molar-refractivity contribution in [3.63, 3.8) is 0 Å². The van der Waals surface area contributed by atoms with Crippen LogP contribution in [-0.2, 0) is 43.5 Å². The number of aliphatic hydroxyl groups excluding tert-OH is 1. The van der Waals surface area contributed by atoms with Gasteiger partial charge in [0.15, 0.2) is 12.4 Å². The molecule has 0 bridgehead atoms. The number of nitrogens with one attached hydrogen (secondary N) is 1. The number of carbonyl (C=O) groups excluding carboxylic acids is 2. The molecule has 1 unspecified atom stereocenters. The molecule has 0 spiro atoms. The highest BCUT2D eigenvalue weighted by atomic mass is 16.7. The molecule has 0 aliphatic carbocycles. The third kappa shape index (κ3) is 8.38. The van der Waals surface area contributed by atoms with Crippen molar-refractivity contribution in [2.24, 2.45) is 0 Å². The van der Waals surface area contributed by atoms with Crippen molar-refractivity contribution in [1.82, 2.24) is 10.2 Å². The summed E-state index contributed by atoms with van der Waals surface area (Å²) >= 11 is 0. The van der Waals surface area contributed by atoms with Gasteiger partial charge in [-0.15, -0.1) is 0 Å². The highest BCUT2D eigenvalue weighted by Gasteiger charge is 2.42. The van der Waals surface area contributed by atoms with E-state index in [1.165, 1.54) is 34.0 Å². The van der Waals surface area contributed by atoms with Crippen molar-refractivity contribution in [2.75, 3.05) is 13.6 Å². The number of hydrogen-bond acceptors (Lipinski definition) is 7.